The molecule has 3 aromatic carbocycles. The van der Waals surface area contributed by atoms with Gasteiger partial charge in [0.1, 0.15) is 0 Å². The lowest BCUT2D eigenvalue weighted by atomic mass is 10.0. The van der Waals surface area contributed by atoms with Crippen LogP contribution < -0.4 is 5.32 Å². The van der Waals surface area contributed by atoms with Crippen LogP contribution in [-0.4, -0.2) is 24.8 Å². The summed E-state index contributed by atoms with van der Waals surface area (Å²) in [6, 6.07) is 17.5. The van der Waals surface area contributed by atoms with Crippen molar-refractivity contribution >= 4 is 23.3 Å². The molecule has 0 aromatic heterocycles. The molecule has 1 aliphatic carbocycles. The first-order chi connectivity index (χ1) is 13.5. The fourth-order valence-electron chi connectivity index (χ4n) is 3.37. The monoisotopic (exact) mass is 371 g/mol. The number of benzene rings is 3. The highest BCUT2D eigenvalue weighted by molar-refractivity contribution is 6.22. The molecule has 4 rings (SSSR count). The molecule has 0 saturated carbocycles. The molecule has 5 nitrogen and oxygen atoms in total. The van der Waals surface area contributed by atoms with E-state index in [2.05, 4.69) is 5.32 Å². The number of rotatable bonds is 3. The second kappa shape index (κ2) is 6.78. The van der Waals surface area contributed by atoms with Crippen molar-refractivity contribution in [3.05, 3.63) is 88.5 Å². The SMILES string of the molecule is COC(=O)c1ccc(C)c(NC(=O)c2ccc3c(c2)C(=O)c2ccccc2-3)c1. The van der Waals surface area contributed by atoms with Gasteiger partial charge >= 0.3 is 5.97 Å². The summed E-state index contributed by atoms with van der Waals surface area (Å²) in [5, 5.41) is 2.82. The molecule has 0 heterocycles. The first kappa shape index (κ1) is 17.7. The van der Waals surface area contributed by atoms with E-state index in [0.717, 1.165) is 16.7 Å². The average Bonchev–Trinajstić information content (AvgIpc) is 3.01. The molecule has 0 bridgehead atoms. The molecule has 1 N–H and O–H groups in total. The van der Waals surface area contributed by atoms with Gasteiger partial charge in [0.2, 0.25) is 0 Å². The van der Waals surface area contributed by atoms with Crippen LogP contribution in [-0.2, 0) is 4.74 Å². The van der Waals surface area contributed by atoms with Crippen LogP contribution in [0.1, 0.15) is 42.2 Å². The fraction of sp³-hybridized carbons (Fsp3) is 0.0870. The zero-order valence-electron chi connectivity index (χ0n) is 15.4. The van der Waals surface area contributed by atoms with Crippen molar-refractivity contribution in [2.24, 2.45) is 0 Å². The van der Waals surface area contributed by atoms with E-state index in [0.29, 0.717) is 27.9 Å². The Kier molecular flexibility index (Phi) is 4.28. The number of esters is 1. The number of amides is 1. The summed E-state index contributed by atoms with van der Waals surface area (Å²) in [5.74, 6) is -0.905. The van der Waals surface area contributed by atoms with Gasteiger partial charge < -0.3 is 10.1 Å². The van der Waals surface area contributed by atoms with Gasteiger partial charge in [0.25, 0.3) is 5.91 Å². The number of ether oxygens (including phenoxy) is 1. The number of aryl methyl sites for hydroxylation is 1. The molecule has 0 unspecified atom stereocenters. The van der Waals surface area contributed by atoms with Crippen LogP contribution in [0.25, 0.3) is 11.1 Å². The Bertz CT molecular complexity index is 1150. The van der Waals surface area contributed by atoms with Crippen LogP contribution in [0, 0.1) is 6.92 Å². The van der Waals surface area contributed by atoms with E-state index >= 15 is 0 Å². The third-order valence-corrected chi connectivity index (χ3v) is 4.90. The highest BCUT2D eigenvalue weighted by Gasteiger charge is 2.27. The largest absolute Gasteiger partial charge is 0.465 e. The predicted octanol–water partition coefficient (Wildman–Crippen LogP) is 4.25. The number of fused-ring (bicyclic) bond motifs is 3. The van der Waals surface area contributed by atoms with Crippen molar-refractivity contribution in [1.29, 1.82) is 0 Å². The normalized spacial score (nSPS) is 11.6. The molecule has 1 aliphatic rings. The quantitative estimate of drug-likeness (QED) is 0.547. The second-order valence-electron chi connectivity index (χ2n) is 6.61. The molecule has 5 heteroatoms. The van der Waals surface area contributed by atoms with Gasteiger partial charge in [-0.15, -0.1) is 0 Å². The first-order valence-corrected chi connectivity index (χ1v) is 8.78. The number of ketones is 1. The molecule has 138 valence electrons. The van der Waals surface area contributed by atoms with Gasteiger partial charge in [0.15, 0.2) is 5.78 Å². The Balaban J connectivity index is 1.64. The Morgan fingerprint density at radius 1 is 0.821 bits per heavy atom. The minimum atomic E-state index is -0.476. The van der Waals surface area contributed by atoms with Crippen molar-refractivity contribution in [2.75, 3.05) is 12.4 Å². The first-order valence-electron chi connectivity index (χ1n) is 8.78. The number of nitrogens with one attached hydrogen (secondary N) is 1. The number of carbonyl (C=O) groups is 3. The van der Waals surface area contributed by atoms with Crippen molar-refractivity contribution in [3.8, 4) is 11.1 Å². The molecule has 28 heavy (non-hydrogen) atoms. The Labute approximate surface area is 162 Å². The lowest BCUT2D eigenvalue weighted by Gasteiger charge is -2.11. The van der Waals surface area contributed by atoms with E-state index in [-0.39, 0.29) is 11.7 Å². The molecule has 0 fully saturated rings. The number of carbonyl (C=O) groups excluding carboxylic acids is 3. The standard InChI is InChI=1S/C23H17NO4/c1-13-7-8-15(23(27)28-2)12-20(13)24-22(26)14-9-10-17-16-5-3-4-6-18(16)21(25)19(17)11-14/h3-12H,1-2H3,(H,24,26). The maximum atomic E-state index is 12.8. The Hall–Kier alpha value is -3.73. The lowest BCUT2D eigenvalue weighted by molar-refractivity contribution is 0.0600. The number of methoxy groups -OCH3 is 1. The van der Waals surface area contributed by atoms with Crippen LogP contribution in [0.2, 0.25) is 0 Å². The molecule has 0 saturated heterocycles. The topological polar surface area (TPSA) is 72.5 Å². The van der Waals surface area contributed by atoms with Gasteiger partial charge in [0.05, 0.1) is 12.7 Å². The molecule has 0 atom stereocenters. The number of hydrogen-bond acceptors (Lipinski definition) is 4. The van der Waals surface area contributed by atoms with E-state index in [4.69, 9.17) is 4.74 Å². The van der Waals surface area contributed by atoms with Gasteiger partial charge in [-0.05, 0) is 47.9 Å². The maximum Gasteiger partial charge on any atom is 0.337 e. The summed E-state index contributed by atoms with van der Waals surface area (Å²) >= 11 is 0. The molecule has 1 amide bonds. The van der Waals surface area contributed by atoms with Crippen molar-refractivity contribution in [2.45, 2.75) is 6.92 Å². The minimum Gasteiger partial charge on any atom is -0.465 e. The molecule has 0 spiro atoms. The van der Waals surface area contributed by atoms with Gasteiger partial charge in [0, 0.05) is 22.4 Å². The highest BCUT2D eigenvalue weighted by Crippen LogP contribution is 2.36. The highest BCUT2D eigenvalue weighted by atomic mass is 16.5. The molecule has 0 aliphatic heterocycles. The third-order valence-electron chi connectivity index (χ3n) is 4.90. The van der Waals surface area contributed by atoms with Crippen molar-refractivity contribution < 1.29 is 19.1 Å². The van der Waals surface area contributed by atoms with E-state index in [1.54, 1.807) is 42.5 Å². The summed E-state index contributed by atoms with van der Waals surface area (Å²) in [7, 11) is 1.31. The average molecular weight is 371 g/mol. The summed E-state index contributed by atoms with van der Waals surface area (Å²) in [6.07, 6.45) is 0. The molecular formula is C23H17NO4. The number of anilines is 1. The van der Waals surface area contributed by atoms with Crippen LogP contribution in [0.15, 0.2) is 60.7 Å². The minimum absolute atomic E-state index is 0.0795. The Morgan fingerprint density at radius 2 is 1.50 bits per heavy atom. The molecule has 3 aromatic rings. The van der Waals surface area contributed by atoms with Crippen LogP contribution in [0.3, 0.4) is 0 Å². The number of hydrogen-bond donors (Lipinski definition) is 1. The van der Waals surface area contributed by atoms with E-state index in [1.807, 2.05) is 25.1 Å². The predicted molar refractivity (Wildman–Crippen MR) is 106 cm³/mol. The van der Waals surface area contributed by atoms with Crippen LogP contribution in [0.5, 0.6) is 0 Å². The summed E-state index contributed by atoms with van der Waals surface area (Å²) in [6.45, 7) is 1.83. The van der Waals surface area contributed by atoms with Gasteiger partial charge in [-0.3, -0.25) is 9.59 Å². The maximum absolute atomic E-state index is 12.8. The van der Waals surface area contributed by atoms with E-state index in [9.17, 15) is 14.4 Å². The van der Waals surface area contributed by atoms with Gasteiger partial charge in [-0.25, -0.2) is 4.79 Å². The molecule has 0 radical (unpaired) electrons. The van der Waals surface area contributed by atoms with E-state index < -0.39 is 5.97 Å². The van der Waals surface area contributed by atoms with Crippen LogP contribution >= 0.6 is 0 Å². The fourth-order valence-corrected chi connectivity index (χ4v) is 3.37. The zero-order chi connectivity index (χ0) is 19.8. The smallest absolute Gasteiger partial charge is 0.337 e. The van der Waals surface area contributed by atoms with Gasteiger partial charge in [-0.1, -0.05) is 36.4 Å². The second-order valence-corrected chi connectivity index (χ2v) is 6.61. The summed E-state index contributed by atoms with van der Waals surface area (Å²) in [4.78, 5) is 37.1. The zero-order valence-corrected chi connectivity index (χ0v) is 15.4. The lowest BCUT2D eigenvalue weighted by Crippen LogP contribution is -2.14. The summed E-state index contributed by atoms with van der Waals surface area (Å²) in [5.41, 5.74) is 4.95. The third kappa shape index (κ3) is 2.87. The Morgan fingerprint density at radius 3 is 2.25 bits per heavy atom. The van der Waals surface area contributed by atoms with Crippen molar-refractivity contribution in [3.63, 3.8) is 0 Å². The van der Waals surface area contributed by atoms with Crippen LogP contribution in [0.4, 0.5) is 5.69 Å². The van der Waals surface area contributed by atoms with E-state index in [1.165, 1.54) is 7.11 Å². The van der Waals surface area contributed by atoms with Gasteiger partial charge in [-0.2, -0.15) is 0 Å². The molecular weight excluding hydrogens is 354 g/mol. The van der Waals surface area contributed by atoms with Crippen molar-refractivity contribution in [1.82, 2.24) is 0 Å². The summed E-state index contributed by atoms with van der Waals surface area (Å²) < 4.78 is 4.72.